The van der Waals surface area contributed by atoms with Crippen molar-refractivity contribution in [1.82, 2.24) is 0 Å². The van der Waals surface area contributed by atoms with Crippen molar-refractivity contribution < 1.29 is 9.31 Å². The van der Waals surface area contributed by atoms with Gasteiger partial charge in [0.05, 0.1) is 17.0 Å². The molecular formula is C15H15FN2O2. The highest BCUT2D eigenvalue weighted by Gasteiger charge is 2.18. The molecule has 0 saturated carbocycles. The van der Waals surface area contributed by atoms with Crippen molar-refractivity contribution in [1.29, 1.82) is 0 Å². The maximum atomic E-state index is 13.1. The fraction of sp³-hybridized carbons (Fsp3) is 0.200. The lowest BCUT2D eigenvalue weighted by atomic mass is 10.0. The highest BCUT2D eigenvalue weighted by Crippen LogP contribution is 2.30. The van der Waals surface area contributed by atoms with E-state index in [1.165, 1.54) is 12.1 Å². The third-order valence-electron chi connectivity index (χ3n) is 3.10. The van der Waals surface area contributed by atoms with Crippen LogP contribution in [0.25, 0.3) is 0 Å². The van der Waals surface area contributed by atoms with Gasteiger partial charge in [0.15, 0.2) is 0 Å². The number of halogens is 1. The number of anilines is 1. The SMILES string of the molecule is CCC(Nc1ccc(F)cc1[N+](=O)[O-])c1ccccc1. The molecule has 0 aliphatic rings. The van der Waals surface area contributed by atoms with Crippen molar-refractivity contribution in [3.8, 4) is 0 Å². The van der Waals surface area contributed by atoms with Crippen LogP contribution in [-0.4, -0.2) is 4.92 Å². The number of benzene rings is 2. The van der Waals surface area contributed by atoms with Crippen LogP contribution in [0, 0.1) is 15.9 Å². The first-order valence-corrected chi connectivity index (χ1v) is 6.37. The van der Waals surface area contributed by atoms with Crippen molar-refractivity contribution in [3.63, 3.8) is 0 Å². The molecule has 0 saturated heterocycles. The summed E-state index contributed by atoms with van der Waals surface area (Å²) >= 11 is 0. The fourth-order valence-electron chi connectivity index (χ4n) is 2.07. The molecule has 0 amide bonds. The third kappa shape index (κ3) is 3.12. The molecule has 0 aromatic heterocycles. The average molecular weight is 274 g/mol. The molecule has 1 atom stereocenters. The summed E-state index contributed by atoms with van der Waals surface area (Å²) in [6, 6.07) is 13.1. The predicted octanol–water partition coefficient (Wildman–Crippen LogP) is 4.30. The minimum absolute atomic E-state index is 0.0552. The topological polar surface area (TPSA) is 55.2 Å². The molecule has 1 unspecified atom stereocenters. The molecule has 2 aromatic rings. The van der Waals surface area contributed by atoms with Gasteiger partial charge in [0, 0.05) is 0 Å². The average Bonchev–Trinajstić information content (AvgIpc) is 2.46. The Kier molecular flexibility index (Phi) is 4.30. The largest absolute Gasteiger partial charge is 0.373 e. The number of nitro benzene ring substituents is 1. The summed E-state index contributed by atoms with van der Waals surface area (Å²) in [5.74, 6) is -0.616. The Balaban J connectivity index is 2.31. The molecule has 0 heterocycles. The molecule has 0 bridgehead atoms. The maximum Gasteiger partial charge on any atom is 0.295 e. The second-order valence-corrected chi connectivity index (χ2v) is 4.43. The molecule has 0 spiro atoms. The van der Waals surface area contributed by atoms with E-state index in [9.17, 15) is 14.5 Å². The second kappa shape index (κ2) is 6.14. The van der Waals surface area contributed by atoms with E-state index in [2.05, 4.69) is 5.32 Å². The second-order valence-electron chi connectivity index (χ2n) is 4.43. The first-order chi connectivity index (χ1) is 9.61. The molecule has 20 heavy (non-hydrogen) atoms. The monoisotopic (exact) mass is 274 g/mol. The van der Waals surface area contributed by atoms with E-state index in [0.717, 1.165) is 18.1 Å². The Morgan fingerprint density at radius 1 is 1.25 bits per heavy atom. The summed E-state index contributed by atoms with van der Waals surface area (Å²) in [6.45, 7) is 1.99. The summed E-state index contributed by atoms with van der Waals surface area (Å²) in [7, 11) is 0. The number of nitrogens with zero attached hydrogens (tertiary/aromatic N) is 1. The van der Waals surface area contributed by atoms with E-state index in [0.29, 0.717) is 5.69 Å². The Morgan fingerprint density at radius 2 is 1.95 bits per heavy atom. The lowest BCUT2D eigenvalue weighted by Gasteiger charge is -2.18. The third-order valence-corrected chi connectivity index (χ3v) is 3.10. The minimum Gasteiger partial charge on any atom is -0.373 e. The summed E-state index contributed by atoms with van der Waals surface area (Å²) < 4.78 is 13.1. The van der Waals surface area contributed by atoms with Crippen LogP contribution in [0.5, 0.6) is 0 Å². The molecular weight excluding hydrogens is 259 g/mol. The van der Waals surface area contributed by atoms with Crippen LogP contribution in [0.3, 0.4) is 0 Å². The molecule has 0 aliphatic heterocycles. The van der Waals surface area contributed by atoms with Crippen LogP contribution in [0.4, 0.5) is 15.8 Å². The number of nitrogens with one attached hydrogen (secondary N) is 1. The van der Waals surface area contributed by atoms with Crippen LogP contribution in [0.15, 0.2) is 48.5 Å². The lowest BCUT2D eigenvalue weighted by Crippen LogP contribution is -2.11. The van der Waals surface area contributed by atoms with Crippen LogP contribution in [0.2, 0.25) is 0 Å². The van der Waals surface area contributed by atoms with Crippen LogP contribution < -0.4 is 5.32 Å². The normalized spacial score (nSPS) is 11.9. The number of hydrogen-bond acceptors (Lipinski definition) is 3. The first kappa shape index (κ1) is 14.0. The Bertz CT molecular complexity index is 602. The van der Waals surface area contributed by atoms with Gasteiger partial charge in [0.25, 0.3) is 5.69 Å². The van der Waals surface area contributed by atoms with Gasteiger partial charge in [-0.25, -0.2) is 4.39 Å². The number of hydrogen-bond donors (Lipinski definition) is 1. The molecule has 4 nitrogen and oxygen atoms in total. The van der Waals surface area contributed by atoms with Gasteiger partial charge in [0.1, 0.15) is 11.5 Å². The predicted molar refractivity (Wildman–Crippen MR) is 76.2 cm³/mol. The highest BCUT2D eigenvalue weighted by atomic mass is 19.1. The standard InChI is InChI=1S/C15H15FN2O2/c1-2-13(11-6-4-3-5-7-11)17-14-9-8-12(16)10-15(14)18(19)20/h3-10,13,17H,2H2,1H3. The molecule has 1 N–H and O–H groups in total. The van der Waals surface area contributed by atoms with Gasteiger partial charge in [-0.3, -0.25) is 10.1 Å². The molecule has 5 heteroatoms. The lowest BCUT2D eigenvalue weighted by molar-refractivity contribution is -0.384. The van der Waals surface area contributed by atoms with E-state index >= 15 is 0 Å². The summed E-state index contributed by atoms with van der Waals surface area (Å²) in [5, 5.41) is 14.1. The molecule has 0 aliphatic carbocycles. The first-order valence-electron chi connectivity index (χ1n) is 6.37. The smallest absolute Gasteiger partial charge is 0.295 e. The number of rotatable bonds is 5. The fourth-order valence-corrected chi connectivity index (χ4v) is 2.07. The minimum atomic E-state index is -0.616. The molecule has 2 aromatic carbocycles. The Morgan fingerprint density at radius 3 is 2.55 bits per heavy atom. The Labute approximate surface area is 116 Å². The van der Waals surface area contributed by atoms with E-state index in [-0.39, 0.29) is 11.7 Å². The van der Waals surface area contributed by atoms with Crippen molar-refractivity contribution in [2.24, 2.45) is 0 Å². The van der Waals surface area contributed by atoms with Gasteiger partial charge >= 0.3 is 0 Å². The van der Waals surface area contributed by atoms with E-state index in [1.54, 1.807) is 0 Å². The molecule has 2 rings (SSSR count). The van der Waals surface area contributed by atoms with Gasteiger partial charge in [-0.05, 0) is 24.1 Å². The summed E-state index contributed by atoms with van der Waals surface area (Å²) in [4.78, 5) is 10.4. The van der Waals surface area contributed by atoms with Crippen LogP contribution in [0.1, 0.15) is 24.9 Å². The number of nitro groups is 1. The van der Waals surface area contributed by atoms with Gasteiger partial charge in [-0.15, -0.1) is 0 Å². The van der Waals surface area contributed by atoms with Crippen molar-refractivity contribution >= 4 is 11.4 Å². The summed E-state index contributed by atoms with van der Waals surface area (Å²) in [6.07, 6.45) is 0.762. The molecule has 0 radical (unpaired) electrons. The van der Waals surface area contributed by atoms with Gasteiger partial charge < -0.3 is 5.32 Å². The Hall–Kier alpha value is -2.43. The van der Waals surface area contributed by atoms with Crippen LogP contribution in [-0.2, 0) is 0 Å². The van der Waals surface area contributed by atoms with Crippen LogP contribution >= 0.6 is 0 Å². The summed E-state index contributed by atoms with van der Waals surface area (Å²) in [5.41, 5.74) is 1.11. The van der Waals surface area contributed by atoms with E-state index in [4.69, 9.17) is 0 Å². The zero-order chi connectivity index (χ0) is 14.5. The quantitative estimate of drug-likeness (QED) is 0.653. The van der Waals surface area contributed by atoms with Gasteiger partial charge in [-0.1, -0.05) is 37.3 Å². The molecule has 104 valence electrons. The zero-order valence-corrected chi connectivity index (χ0v) is 11.0. The van der Waals surface area contributed by atoms with Crippen molar-refractivity contribution in [3.05, 3.63) is 70.0 Å². The highest BCUT2D eigenvalue weighted by molar-refractivity contribution is 5.62. The van der Waals surface area contributed by atoms with Gasteiger partial charge in [-0.2, -0.15) is 0 Å². The van der Waals surface area contributed by atoms with Gasteiger partial charge in [0.2, 0.25) is 0 Å². The van der Waals surface area contributed by atoms with E-state index in [1.807, 2.05) is 37.3 Å². The van der Waals surface area contributed by atoms with E-state index < -0.39 is 10.7 Å². The molecule has 0 fully saturated rings. The van der Waals surface area contributed by atoms with Crippen molar-refractivity contribution in [2.75, 3.05) is 5.32 Å². The zero-order valence-electron chi connectivity index (χ0n) is 11.0. The maximum absolute atomic E-state index is 13.1. The van der Waals surface area contributed by atoms with Crippen molar-refractivity contribution in [2.45, 2.75) is 19.4 Å².